The molecular formula is C12H18OS. The van der Waals surface area contributed by atoms with Crippen LogP contribution in [0.25, 0.3) is 0 Å². The summed E-state index contributed by atoms with van der Waals surface area (Å²) < 4.78 is 5.56. The molecule has 0 saturated heterocycles. The molecule has 0 aliphatic rings. The lowest BCUT2D eigenvalue weighted by Crippen LogP contribution is -2.05. The van der Waals surface area contributed by atoms with Gasteiger partial charge in [0.25, 0.3) is 0 Å². The molecule has 0 aliphatic heterocycles. The van der Waals surface area contributed by atoms with Crippen molar-refractivity contribution >= 4 is 11.8 Å². The number of thioether (sulfide) groups is 1. The molecule has 1 nitrogen and oxygen atoms in total. The summed E-state index contributed by atoms with van der Waals surface area (Å²) in [6, 6.07) is 8.33. The predicted molar refractivity (Wildman–Crippen MR) is 63.2 cm³/mol. The molecule has 0 radical (unpaired) electrons. The highest BCUT2D eigenvalue weighted by Gasteiger charge is 1.97. The molecule has 0 amide bonds. The van der Waals surface area contributed by atoms with Gasteiger partial charge in [-0.15, -0.1) is 11.8 Å². The molecular weight excluding hydrogens is 192 g/mol. The smallest absolute Gasteiger partial charge is 0.119 e. The summed E-state index contributed by atoms with van der Waals surface area (Å²) >= 11 is 1.89. The van der Waals surface area contributed by atoms with Crippen LogP contribution in [0, 0.1) is 0 Å². The molecule has 0 unspecified atom stereocenters. The fourth-order valence-electron chi connectivity index (χ4n) is 1.11. The van der Waals surface area contributed by atoms with E-state index >= 15 is 0 Å². The zero-order valence-corrected chi connectivity index (χ0v) is 9.93. The van der Waals surface area contributed by atoms with Gasteiger partial charge in [-0.2, -0.15) is 0 Å². The van der Waals surface area contributed by atoms with E-state index in [2.05, 4.69) is 19.1 Å². The first-order valence-corrected chi connectivity index (χ1v) is 6.10. The van der Waals surface area contributed by atoms with Crippen molar-refractivity contribution in [3.8, 4) is 5.75 Å². The second kappa shape index (κ2) is 5.97. The van der Waals surface area contributed by atoms with Gasteiger partial charge in [0.2, 0.25) is 0 Å². The largest absolute Gasteiger partial charge is 0.491 e. The average molecular weight is 210 g/mol. The molecule has 0 N–H and O–H groups in total. The molecule has 0 bridgehead atoms. The summed E-state index contributed by atoms with van der Waals surface area (Å²) in [5.74, 6) is 2.14. The number of ether oxygens (including phenoxy) is 1. The molecule has 78 valence electrons. The van der Waals surface area contributed by atoms with Gasteiger partial charge in [-0.05, 0) is 50.3 Å². The maximum Gasteiger partial charge on any atom is 0.119 e. The fraction of sp³-hybridized carbons (Fsp3) is 0.500. The number of rotatable bonds is 5. The molecule has 14 heavy (non-hydrogen) atoms. The molecule has 0 aromatic heterocycles. The van der Waals surface area contributed by atoms with Gasteiger partial charge in [0, 0.05) is 4.90 Å². The molecule has 0 atom stereocenters. The topological polar surface area (TPSA) is 9.23 Å². The van der Waals surface area contributed by atoms with E-state index in [9.17, 15) is 0 Å². The first-order chi connectivity index (χ1) is 6.72. The van der Waals surface area contributed by atoms with Gasteiger partial charge < -0.3 is 4.74 Å². The van der Waals surface area contributed by atoms with E-state index in [1.165, 1.54) is 17.1 Å². The maximum atomic E-state index is 5.56. The molecule has 0 fully saturated rings. The van der Waals surface area contributed by atoms with Crippen molar-refractivity contribution in [2.75, 3.05) is 5.75 Å². The van der Waals surface area contributed by atoms with E-state index in [1.807, 2.05) is 37.7 Å². The van der Waals surface area contributed by atoms with Crippen LogP contribution in [-0.4, -0.2) is 11.9 Å². The van der Waals surface area contributed by atoms with Gasteiger partial charge in [-0.1, -0.05) is 6.92 Å². The minimum absolute atomic E-state index is 0.254. The zero-order chi connectivity index (χ0) is 10.4. The van der Waals surface area contributed by atoms with E-state index in [1.54, 1.807) is 0 Å². The van der Waals surface area contributed by atoms with Gasteiger partial charge in [-0.25, -0.2) is 0 Å². The van der Waals surface area contributed by atoms with Crippen LogP contribution in [0.4, 0.5) is 0 Å². The first-order valence-electron chi connectivity index (χ1n) is 5.12. The van der Waals surface area contributed by atoms with Crippen LogP contribution in [0.15, 0.2) is 29.2 Å². The van der Waals surface area contributed by atoms with Crippen molar-refractivity contribution < 1.29 is 4.74 Å². The molecule has 0 saturated carbocycles. The number of hydrogen-bond acceptors (Lipinski definition) is 2. The standard InChI is InChI=1S/C12H18OS/c1-4-9-14-12-7-5-11(6-8-12)13-10(2)3/h5-8,10H,4,9H2,1-3H3. The summed E-state index contributed by atoms with van der Waals surface area (Å²) in [5, 5.41) is 0. The summed E-state index contributed by atoms with van der Waals surface area (Å²) in [5.41, 5.74) is 0. The quantitative estimate of drug-likeness (QED) is 0.680. The van der Waals surface area contributed by atoms with Gasteiger partial charge in [0.05, 0.1) is 6.10 Å². The summed E-state index contributed by atoms with van der Waals surface area (Å²) in [7, 11) is 0. The molecule has 1 aromatic rings. The zero-order valence-electron chi connectivity index (χ0n) is 9.12. The van der Waals surface area contributed by atoms with E-state index in [-0.39, 0.29) is 6.10 Å². The third kappa shape index (κ3) is 4.05. The molecule has 0 spiro atoms. The lowest BCUT2D eigenvalue weighted by molar-refractivity contribution is 0.242. The van der Waals surface area contributed by atoms with E-state index in [0.29, 0.717) is 0 Å². The molecule has 1 aromatic carbocycles. The van der Waals surface area contributed by atoms with E-state index in [4.69, 9.17) is 4.74 Å². The molecule has 2 heteroatoms. The van der Waals surface area contributed by atoms with Crippen molar-refractivity contribution in [1.82, 2.24) is 0 Å². The van der Waals surface area contributed by atoms with Gasteiger partial charge in [-0.3, -0.25) is 0 Å². The summed E-state index contributed by atoms with van der Waals surface area (Å²) in [6.45, 7) is 6.28. The van der Waals surface area contributed by atoms with Crippen molar-refractivity contribution in [1.29, 1.82) is 0 Å². The third-order valence-electron chi connectivity index (χ3n) is 1.67. The Hall–Kier alpha value is -0.630. The summed E-state index contributed by atoms with van der Waals surface area (Å²) in [4.78, 5) is 1.32. The van der Waals surface area contributed by atoms with Crippen LogP contribution in [-0.2, 0) is 0 Å². The second-order valence-electron chi connectivity index (χ2n) is 3.49. The minimum Gasteiger partial charge on any atom is -0.491 e. The number of benzene rings is 1. The second-order valence-corrected chi connectivity index (χ2v) is 4.65. The molecule has 1 rings (SSSR count). The highest BCUT2D eigenvalue weighted by atomic mass is 32.2. The van der Waals surface area contributed by atoms with Crippen LogP contribution in [0.2, 0.25) is 0 Å². The van der Waals surface area contributed by atoms with Crippen molar-refractivity contribution in [2.45, 2.75) is 38.2 Å². The van der Waals surface area contributed by atoms with Crippen molar-refractivity contribution in [2.24, 2.45) is 0 Å². The van der Waals surface area contributed by atoms with Crippen LogP contribution in [0.5, 0.6) is 5.75 Å². The summed E-state index contributed by atoms with van der Waals surface area (Å²) in [6.07, 6.45) is 1.47. The molecule has 0 aliphatic carbocycles. The first kappa shape index (κ1) is 11.4. The predicted octanol–water partition coefficient (Wildman–Crippen LogP) is 3.98. The van der Waals surface area contributed by atoms with Gasteiger partial charge in [0.1, 0.15) is 5.75 Å². The highest BCUT2D eigenvalue weighted by Crippen LogP contribution is 2.22. The lowest BCUT2D eigenvalue weighted by Gasteiger charge is -2.09. The van der Waals surface area contributed by atoms with E-state index < -0.39 is 0 Å². The van der Waals surface area contributed by atoms with Crippen LogP contribution in [0.1, 0.15) is 27.2 Å². The number of hydrogen-bond donors (Lipinski definition) is 0. The van der Waals surface area contributed by atoms with Crippen LogP contribution in [0.3, 0.4) is 0 Å². The van der Waals surface area contributed by atoms with Crippen molar-refractivity contribution in [3.63, 3.8) is 0 Å². The normalized spacial score (nSPS) is 10.6. The molecule has 0 heterocycles. The Bertz CT molecular complexity index is 254. The maximum absolute atomic E-state index is 5.56. The average Bonchev–Trinajstić information content (AvgIpc) is 2.16. The third-order valence-corrected chi connectivity index (χ3v) is 2.89. The van der Waals surface area contributed by atoms with Gasteiger partial charge in [0.15, 0.2) is 0 Å². The SMILES string of the molecule is CCCSc1ccc(OC(C)C)cc1. The van der Waals surface area contributed by atoms with Crippen LogP contribution < -0.4 is 4.74 Å². The Morgan fingerprint density at radius 3 is 2.36 bits per heavy atom. The Kier molecular flexibility index (Phi) is 4.88. The van der Waals surface area contributed by atoms with Gasteiger partial charge >= 0.3 is 0 Å². The minimum atomic E-state index is 0.254. The van der Waals surface area contributed by atoms with Crippen molar-refractivity contribution in [3.05, 3.63) is 24.3 Å². The Morgan fingerprint density at radius 1 is 1.21 bits per heavy atom. The Morgan fingerprint density at radius 2 is 1.86 bits per heavy atom. The lowest BCUT2D eigenvalue weighted by atomic mass is 10.3. The monoisotopic (exact) mass is 210 g/mol. The Balaban J connectivity index is 2.50. The fourth-order valence-corrected chi connectivity index (χ4v) is 1.87. The van der Waals surface area contributed by atoms with E-state index in [0.717, 1.165) is 5.75 Å². The Labute approximate surface area is 90.9 Å². The highest BCUT2D eigenvalue weighted by molar-refractivity contribution is 7.99. The van der Waals surface area contributed by atoms with Crippen LogP contribution >= 0.6 is 11.8 Å².